The molecule has 2 rings (SSSR count). The van der Waals surface area contributed by atoms with E-state index in [1.54, 1.807) is 0 Å². The van der Waals surface area contributed by atoms with E-state index in [0.717, 1.165) is 6.54 Å². The van der Waals surface area contributed by atoms with E-state index in [0.29, 0.717) is 6.04 Å². The number of nitrogens with zero attached hydrogens (tertiary/aromatic N) is 1. The predicted molar refractivity (Wildman–Crippen MR) is 63.2 cm³/mol. The summed E-state index contributed by atoms with van der Waals surface area (Å²) < 4.78 is 0. The molecule has 1 aliphatic rings. The van der Waals surface area contributed by atoms with Crippen molar-refractivity contribution in [3.8, 4) is 0 Å². The molecule has 0 amide bonds. The van der Waals surface area contributed by atoms with Crippen LogP contribution < -0.4 is 5.32 Å². The summed E-state index contributed by atoms with van der Waals surface area (Å²) in [6.45, 7) is 3.45. The largest absolute Gasteiger partial charge is 0.313 e. The molecule has 1 aliphatic heterocycles. The average molecular weight is 203 g/mol. The highest BCUT2D eigenvalue weighted by atomic mass is 15.1. The lowest BCUT2D eigenvalue weighted by molar-refractivity contribution is 0.196. The van der Waals surface area contributed by atoms with E-state index in [2.05, 4.69) is 47.6 Å². The lowest BCUT2D eigenvalue weighted by Gasteiger charge is -2.31. The van der Waals surface area contributed by atoms with Gasteiger partial charge in [0, 0.05) is 19.6 Å². The van der Waals surface area contributed by atoms with Crippen molar-refractivity contribution < 1.29 is 0 Å². The van der Waals surface area contributed by atoms with Gasteiger partial charge in [0.25, 0.3) is 0 Å². The molecule has 0 saturated carbocycles. The molecule has 0 unspecified atom stereocenters. The topological polar surface area (TPSA) is 15.3 Å². The van der Waals surface area contributed by atoms with Gasteiger partial charge >= 0.3 is 0 Å². The lowest BCUT2D eigenvalue weighted by atomic mass is 10.0. The maximum atomic E-state index is 3.75. The first-order chi connectivity index (χ1) is 7.38. The third-order valence-electron chi connectivity index (χ3n) is 3.13. The van der Waals surface area contributed by atoms with Gasteiger partial charge in [0.15, 0.2) is 0 Å². The van der Waals surface area contributed by atoms with Crippen LogP contribution in [0.5, 0.6) is 0 Å². The van der Waals surface area contributed by atoms with E-state index >= 15 is 0 Å². The fourth-order valence-corrected chi connectivity index (χ4v) is 2.14. The Kier molecular flexibility index (Phi) is 3.75. The highest BCUT2D eigenvalue weighted by Crippen LogP contribution is 2.13. The van der Waals surface area contributed by atoms with E-state index in [4.69, 9.17) is 0 Å². The smallest absolute Gasteiger partial charge is 0.0233 e. The molecule has 1 fully saturated rings. The van der Waals surface area contributed by atoms with Crippen LogP contribution in [-0.4, -0.2) is 24.0 Å². The van der Waals surface area contributed by atoms with Gasteiger partial charge in [-0.1, -0.05) is 30.3 Å². The van der Waals surface area contributed by atoms with Gasteiger partial charge in [-0.3, -0.25) is 4.90 Å². The first kappa shape index (κ1) is 10.7. The van der Waals surface area contributed by atoms with Crippen molar-refractivity contribution in [3.05, 3.63) is 42.9 Å². The Morgan fingerprint density at radius 2 is 1.87 bits per heavy atom. The minimum Gasteiger partial charge on any atom is -0.313 e. The summed E-state index contributed by atoms with van der Waals surface area (Å²) in [4.78, 5) is 2.52. The third-order valence-corrected chi connectivity index (χ3v) is 3.13. The van der Waals surface area contributed by atoms with Crippen LogP contribution in [0.1, 0.15) is 18.4 Å². The standard InChI is InChI=1S/C13H19N2/c1-14-13-7-9-15(10-8-13)11-12-5-3-2-4-6-12/h2-6,13-14H,1,7-11H2. The molecule has 2 heteroatoms. The Balaban J connectivity index is 1.82. The van der Waals surface area contributed by atoms with E-state index in [1.165, 1.54) is 31.5 Å². The quantitative estimate of drug-likeness (QED) is 0.808. The highest BCUT2D eigenvalue weighted by Gasteiger charge is 2.17. The average Bonchev–Trinajstić information content (AvgIpc) is 2.31. The normalized spacial score (nSPS) is 19.3. The molecule has 1 aromatic carbocycles. The molecule has 1 aromatic rings. The van der Waals surface area contributed by atoms with Gasteiger partial charge in [0.2, 0.25) is 0 Å². The number of benzene rings is 1. The van der Waals surface area contributed by atoms with Crippen LogP contribution in [0.3, 0.4) is 0 Å². The molecule has 0 bridgehead atoms. The molecule has 0 atom stereocenters. The minimum atomic E-state index is 0.622. The van der Waals surface area contributed by atoms with Crippen molar-refractivity contribution in [2.75, 3.05) is 13.1 Å². The van der Waals surface area contributed by atoms with Crippen LogP contribution in [0.4, 0.5) is 0 Å². The van der Waals surface area contributed by atoms with Crippen molar-refractivity contribution in [1.29, 1.82) is 0 Å². The molecular weight excluding hydrogens is 184 g/mol. The van der Waals surface area contributed by atoms with E-state index in [-0.39, 0.29) is 0 Å². The SMILES string of the molecule is [CH2]NC1CCN(Cc2ccccc2)CC1. The summed E-state index contributed by atoms with van der Waals surface area (Å²) in [5.41, 5.74) is 1.42. The second kappa shape index (κ2) is 5.29. The second-order valence-electron chi connectivity index (χ2n) is 4.24. The first-order valence-corrected chi connectivity index (χ1v) is 5.67. The molecule has 15 heavy (non-hydrogen) atoms. The molecule has 0 aliphatic carbocycles. The van der Waals surface area contributed by atoms with Crippen LogP contribution in [-0.2, 0) is 6.54 Å². The molecule has 0 spiro atoms. The molecule has 81 valence electrons. The van der Waals surface area contributed by atoms with Crippen LogP contribution >= 0.6 is 0 Å². The summed E-state index contributed by atoms with van der Waals surface area (Å²) in [6, 6.07) is 11.3. The van der Waals surface area contributed by atoms with Crippen molar-refractivity contribution >= 4 is 0 Å². The monoisotopic (exact) mass is 203 g/mol. The van der Waals surface area contributed by atoms with Crippen LogP contribution in [0.2, 0.25) is 0 Å². The zero-order valence-electron chi connectivity index (χ0n) is 9.15. The Morgan fingerprint density at radius 3 is 2.47 bits per heavy atom. The fourth-order valence-electron chi connectivity index (χ4n) is 2.14. The maximum Gasteiger partial charge on any atom is 0.0233 e. The summed E-state index contributed by atoms with van der Waals surface area (Å²) in [5, 5.41) is 3.11. The number of likely N-dealkylation sites (tertiary alicyclic amines) is 1. The van der Waals surface area contributed by atoms with Crippen LogP contribution in [0.25, 0.3) is 0 Å². The van der Waals surface area contributed by atoms with Crippen molar-refractivity contribution in [2.24, 2.45) is 0 Å². The number of piperidine rings is 1. The van der Waals surface area contributed by atoms with E-state index in [9.17, 15) is 0 Å². The fraction of sp³-hybridized carbons (Fsp3) is 0.462. The maximum absolute atomic E-state index is 3.75. The van der Waals surface area contributed by atoms with Crippen LogP contribution in [0.15, 0.2) is 30.3 Å². The third kappa shape index (κ3) is 3.05. The van der Waals surface area contributed by atoms with Gasteiger partial charge in [0.05, 0.1) is 0 Å². The minimum absolute atomic E-state index is 0.622. The van der Waals surface area contributed by atoms with Crippen LogP contribution in [0, 0.1) is 7.05 Å². The van der Waals surface area contributed by atoms with E-state index in [1.807, 2.05) is 0 Å². The van der Waals surface area contributed by atoms with Gasteiger partial charge in [0.1, 0.15) is 0 Å². The predicted octanol–water partition coefficient (Wildman–Crippen LogP) is 2.03. The van der Waals surface area contributed by atoms with E-state index < -0.39 is 0 Å². The Hall–Kier alpha value is -0.860. The van der Waals surface area contributed by atoms with Gasteiger partial charge in [-0.25, -0.2) is 0 Å². The molecule has 2 nitrogen and oxygen atoms in total. The number of rotatable bonds is 3. The van der Waals surface area contributed by atoms with Crippen molar-refractivity contribution in [3.63, 3.8) is 0 Å². The molecule has 1 radical (unpaired) electrons. The first-order valence-electron chi connectivity index (χ1n) is 5.67. The summed E-state index contributed by atoms with van der Waals surface area (Å²) in [6.07, 6.45) is 2.44. The zero-order valence-corrected chi connectivity index (χ0v) is 9.15. The Labute approximate surface area is 92.3 Å². The lowest BCUT2D eigenvalue weighted by Crippen LogP contribution is -2.40. The molecule has 1 heterocycles. The summed E-state index contributed by atoms with van der Waals surface area (Å²) >= 11 is 0. The molecule has 0 aromatic heterocycles. The Morgan fingerprint density at radius 1 is 1.20 bits per heavy atom. The van der Waals surface area contributed by atoms with Crippen molar-refractivity contribution in [1.82, 2.24) is 10.2 Å². The molecule has 1 N–H and O–H groups in total. The van der Waals surface area contributed by atoms with Crippen molar-refractivity contribution in [2.45, 2.75) is 25.4 Å². The molecule has 1 saturated heterocycles. The highest BCUT2D eigenvalue weighted by molar-refractivity contribution is 5.14. The number of nitrogens with one attached hydrogen (secondary N) is 1. The molecular formula is C13H19N2. The van der Waals surface area contributed by atoms with Gasteiger partial charge in [-0.05, 0) is 31.5 Å². The number of hydrogen-bond acceptors (Lipinski definition) is 2. The van der Waals surface area contributed by atoms with Gasteiger partial charge < -0.3 is 5.32 Å². The zero-order chi connectivity index (χ0) is 10.5. The van der Waals surface area contributed by atoms with Gasteiger partial charge in [-0.2, -0.15) is 0 Å². The number of hydrogen-bond donors (Lipinski definition) is 1. The van der Waals surface area contributed by atoms with Gasteiger partial charge in [-0.15, -0.1) is 0 Å². The second-order valence-corrected chi connectivity index (χ2v) is 4.24. The summed E-state index contributed by atoms with van der Waals surface area (Å²) in [5.74, 6) is 0. The summed E-state index contributed by atoms with van der Waals surface area (Å²) in [7, 11) is 3.75. The Bertz CT molecular complexity index is 276.